The molecule has 2 N–H and O–H groups in total. The number of aryl methyl sites for hydroxylation is 2. The molecule has 28 heavy (non-hydrogen) atoms. The number of carboxylic acids is 1. The van der Waals surface area contributed by atoms with Gasteiger partial charge in [-0.2, -0.15) is 0 Å². The van der Waals surface area contributed by atoms with E-state index >= 15 is 0 Å². The number of nitrogens with one attached hydrogen (secondary N) is 1. The second-order valence-corrected chi connectivity index (χ2v) is 7.09. The number of benzene rings is 2. The highest BCUT2D eigenvalue weighted by Gasteiger charge is 2.42. The number of hydrogen-bond acceptors (Lipinski definition) is 3. The molecule has 7 heteroatoms. The fraction of sp³-hybridized carbons (Fsp3) is 0.286. The van der Waals surface area contributed by atoms with E-state index in [1.807, 2.05) is 0 Å². The number of hydrogen-bond donors (Lipinski definition) is 2. The van der Waals surface area contributed by atoms with Crippen LogP contribution in [0.5, 0.6) is 0 Å². The summed E-state index contributed by atoms with van der Waals surface area (Å²) >= 11 is 0. The van der Waals surface area contributed by atoms with Gasteiger partial charge in [-0.25, -0.2) is 9.18 Å². The van der Waals surface area contributed by atoms with Gasteiger partial charge in [0.1, 0.15) is 5.82 Å². The molecule has 2 aromatic carbocycles. The maximum Gasteiger partial charge on any atom is 0.336 e. The van der Waals surface area contributed by atoms with Crippen molar-refractivity contribution in [2.75, 3.05) is 12.4 Å². The lowest BCUT2D eigenvalue weighted by atomic mass is 9.92. The van der Waals surface area contributed by atoms with Gasteiger partial charge in [0, 0.05) is 19.2 Å². The highest BCUT2D eigenvalue weighted by atomic mass is 19.1. The Balaban J connectivity index is 1.91. The van der Waals surface area contributed by atoms with E-state index in [4.69, 9.17) is 0 Å². The largest absolute Gasteiger partial charge is 0.478 e. The minimum Gasteiger partial charge on any atom is -0.478 e. The average molecular weight is 384 g/mol. The Hall–Kier alpha value is -3.22. The molecule has 1 saturated heterocycles. The van der Waals surface area contributed by atoms with E-state index in [2.05, 4.69) is 5.32 Å². The van der Waals surface area contributed by atoms with Crippen molar-refractivity contribution in [3.63, 3.8) is 0 Å². The Labute approximate surface area is 162 Å². The van der Waals surface area contributed by atoms with E-state index in [9.17, 15) is 23.9 Å². The van der Waals surface area contributed by atoms with Crippen molar-refractivity contribution < 1.29 is 23.9 Å². The normalized spacial score (nSPS) is 19.0. The lowest BCUT2D eigenvalue weighted by Crippen LogP contribution is -2.30. The molecule has 1 aliphatic heterocycles. The van der Waals surface area contributed by atoms with Crippen molar-refractivity contribution >= 4 is 23.5 Å². The Morgan fingerprint density at radius 3 is 2.39 bits per heavy atom. The quantitative estimate of drug-likeness (QED) is 0.847. The van der Waals surface area contributed by atoms with E-state index in [1.54, 1.807) is 39.1 Å². The summed E-state index contributed by atoms with van der Waals surface area (Å²) in [4.78, 5) is 38.1. The van der Waals surface area contributed by atoms with Crippen LogP contribution in [-0.4, -0.2) is 34.8 Å². The number of aromatic carboxylic acids is 1. The topological polar surface area (TPSA) is 86.7 Å². The molecular formula is C21H21FN2O4. The number of carbonyl (C=O) groups excluding carboxylic acids is 2. The van der Waals surface area contributed by atoms with E-state index < -0.39 is 23.7 Å². The molecule has 146 valence electrons. The standard InChI is InChI=1S/C21H21FN2O4/c1-11-8-12(2)17(9-15(11)21(27)28)23-20(26)16-10-18(25)24(3)19(16)13-4-6-14(22)7-5-13/h4-9,16,19H,10H2,1-3H3,(H,23,26)(H,27,28). The summed E-state index contributed by atoms with van der Waals surface area (Å²) in [6, 6.07) is 8.33. The first-order valence-electron chi connectivity index (χ1n) is 8.85. The number of carbonyl (C=O) groups is 3. The summed E-state index contributed by atoms with van der Waals surface area (Å²) in [6.45, 7) is 3.47. The number of carboxylic acid groups (broad SMARTS) is 1. The average Bonchev–Trinajstić information content (AvgIpc) is 2.93. The molecule has 0 bridgehead atoms. The van der Waals surface area contributed by atoms with Crippen LogP contribution in [0.4, 0.5) is 10.1 Å². The highest BCUT2D eigenvalue weighted by molar-refractivity contribution is 5.99. The van der Waals surface area contributed by atoms with Gasteiger partial charge in [-0.05, 0) is 48.7 Å². The summed E-state index contributed by atoms with van der Waals surface area (Å²) in [7, 11) is 1.61. The van der Waals surface area contributed by atoms with Gasteiger partial charge in [-0.1, -0.05) is 18.2 Å². The first-order chi connectivity index (χ1) is 13.2. The number of nitrogens with zero attached hydrogens (tertiary/aromatic N) is 1. The fourth-order valence-corrected chi connectivity index (χ4v) is 3.66. The smallest absolute Gasteiger partial charge is 0.336 e. The predicted molar refractivity (Wildman–Crippen MR) is 102 cm³/mol. The maximum atomic E-state index is 13.3. The Kier molecular flexibility index (Phi) is 5.18. The fourth-order valence-electron chi connectivity index (χ4n) is 3.66. The molecule has 0 radical (unpaired) electrons. The summed E-state index contributed by atoms with van der Waals surface area (Å²) < 4.78 is 13.3. The SMILES string of the molecule is Cc1cc(C)c(C(=O)O)cc1NC(=O)C1CC(=O)N(C)C1c1ccc(F)cc1. The van der Waals surface area contributed by atoms with Crippen LogP contribution in [0.3, 0.4) is 0 Å². The van der Waals surface area contributed by atoms with Crippen molar-refractivity contribution in [2.45, 2.75) is 26.3 Å². The second kappa shape index (κ2) is 7.42. The molecule has 2 amide bonds. The van der Waals surface area contributed by atoms with Gasteiger partial charge >= 0.3 is 5.97 Å². The van der Waals surface area contributed by atoms with Gasteiger partial charge in [0.2, 0.25) is 11.8 Å². The van der Waals surface area contributed by atoms with Gasteiger partial charge in [-0.3, -0.25) is 9.59 Å². The maximum absolute atomic E-state index is 13.3. The molecule has 2 unspecified atom stereocenters. The number of anilines is 1. The Bertz CT molecular complexity index is 956. The van der Waals surface area contributed by atoms with Crippen molar-refractivity contribution in [2.24, 2.45) is 5.92 Å². The molecule has 0 saturated carbocycles. The van der Waals surface area contributed by atoms with Crippen LogP contribution in [0.15, 0.2) is 36.4 Å². The zero-order valence-corrected chi connectivity index (χ0v) is 15.8. The number of rotatable bonds is 4. The van der Waals surface area contributed by atoms with Gasteiger partial charge in [0.15, 0.2) is 0 Å². The van der Waals surface area contributed by atoms with Gasteiger partial charge < -0.3 is 15.3 Å². The minimum atomic E-state index is -1.08. The number of amides is 2. The molecule has 6 nitrogen and oxygen atoms in total. The van der Waals surface area contributed by atoms with Crippen molar-refractivity contribution in [1.29, 1.82) is 0 Å². The van der Waals surface area contributed by atoms with Gasteiger partial charge in [0.25, 0.3) is 0 Å². The van der Waals surface area contributed by atoms with Crippen LogP contribution in [0.1, 0.15) is 39.5 Å². The highest BCUT2D eigenvalue weighted by Crippen LogP contribution is 2.38. The van der Waals surface area contributed by atoms with Gasteiger partial charge in [-0.15, -0.1) is 0 Å². The summed E-state index contributed by atoms with van der Waals surface area (Å²) in [5.41, 5.74) is 2.50. The third-order valence-electron chi connectivity index (χ3n) is 5.19. The molecular weight excluding hydrogens is 363 g/mol. The summed E-state index contributed by atoms with van der Waals surface area (Å²) in [6.07, 6.45) is 0.0288. The lowest BCUT2D eigenvalue weighted by Gasteiger charge is -2.25. The second-order valence-electron chi connectivity index (χ2n) is 7.09. The minimum absolute atomic E-state index is 0.0288. The third kappa shape index (κ3) is 3.60. The van der Waals surface area contributed by atoms with Gasteiger partial charge in [0.05, 0.1) is 17.5 Å². The molecule has 2 aromatic rings. The molecule has 1 fully saturated rings. The van der Waals surface area contributed by atoms with Crippen LogP contribution in [0, 0.1) is 25.6 Å². The molecule has 1 heterocycles. The number of halogens is 1. The molecule has 3 rings (SSSR count). The summed E-state index contributed by atoms with van der Waals surface area (Å²) in [5.74, 6) is -2.70. The molecule has 2 atom stereocenters. The third-order valence-corrected chi connectivity index (χ3v) is 5.19. The van der Waals surface area contributed by atoms with E-state index in [0.717, 1.165) is 5.56 Å². The molecule has 0 aliphatic carbocycles. The van der Waals surface area contributed by atoms with Crippen LogP contribution in [0.2, 0.25) is 0 Å². The van der Waals surface area contributed by atoms with Crippen LogP contribution < -0.4 is 5.32 Å². The van der Waals surface area contributed by atoms with E-state index in [1.165, 1.54) is 23.1 Å². The first-order valence-corrected chi connectivity index (χ1v) is 8.85. The zero-order chi connectivity index (χ0) is 20.6. The Morgan fingerprint density at radius 1 is 1.14 bits per heavy atom. The predicted octanol–water partition coefficient (Wildman–Crippen LogP) is 3.30. The van der Waals surface area contributed by atoms with Crippen LogP contribution in [-0.2, 0) is 9.59 Å². The monoisotopic (exact) mass is 384 g/mol. The molecule has 0 spiro atoms. The van der Waals surface area contributed by atoms with Crippen molar-refractivity contribution in [3.8, 4) is 0 Å². The van der Waals surface area contributed by atoms with E-state index in [-0.39, 0.29) is 23.8 Å². The van der Waals surface area contributed by atoms with Crippen LogP contribution in [0.25, 0.3) is 0 Å². The summed E-state index contributed by atoms with van der Waals surface area (Å²) in [5, 5.41) is 12.1. The first kappa shape index (κ1) is 19.5. The van der Waals surface area contributed by atoms with Crippen LogP contribution >= 0.6 is 0 Å². The molecule has 1 aliphatic rings. The van der Waals surface area contributed by atoms with Crippen molar-refractivity contribution in [3.05, 3.63) is 64.5 Å². The van der Waals surface area contributed by atoms with E-state index in [0.29, 0.717) is 16.8 Å². The number of likely N-dealkylation sites (tertiary alicyclic amines) is 1. The Morgan fingerprint density at radius 2 is 1.79 bits per heavy atom. The molecule has 0 aromatic heterocycles. The van der Waals surface area contributed by atoms with Crippen molar-refractivity contribution in [1.82, 2.24) is 4.90 Å². The lowest BCUT2D eigenvalue weighted by molar-refractivity contribution is -0.128. The zero-order valence-electron chi connectivity index (χ0n) is 15.8.